The number of rotatable bonds is 7. The number of carbonyl (C=O) groups is 4. The number of anilines is 2. The number of fused-ring (bicyclic) bond motifs is 2. The zero-order valence-corrected chi connectivity index (χ0v) is 22.5. The lowest BCUT2D eigenvalue weighted by Gasteiger charge is -2.26. The quantitative estimate of drug-likeness (QED) is 0.424. The number of carbonyl (C=O) groups excluding carboxylic acids is 4. The molecule has 11 nitrogen and oxygen atoms in total. The van der Waals surface area contributed by atoms with E-state index in [4.69, 9.17) is 18.9 Å². The van der Waals surface area contributed by atoms with E-state index in [0.717, 1.165) is 0 Å². The molecule has 0 spiro atoms. The predicted octanol–water partition coefficient (Wildman–Crippen LogP) is 3.41. The van der Waals surface area contributed by atoms with Crippen LogP contribution in [0, 0.1) is 0 Å². The summed E-state index contributed by atoms with van der Waals surface area (Å²) in [5.41, 5.74) is -0.131. The van der Waals surface area contributed by atoms with Crippen molar-refractivity contribution in [3.8, 4) is 17.2 Å². The van der Waals surface area contributed by atoms with Crippen LogP contribution in [0.15, 0.2) is 36.4 Å². The lowest BCUT2D eigenvalue weighted by atomic mass is 10.1. The van der Waals surface area contributed by atoms with Crippen molar-refractivity contribution in [2.45, 2.75) is 52.9 Å². The molecule has 3 rings (SSSR count). The molecule has 2 aromatic carbocycles. The summed E-state index contributed by atoms with van der Waals surface area (Å²) in [7, 11) is 1.58. The first-order valence-electron chi connectivity index (χ1n) is 11.9. The van der Waals surface area contributed by atoms with E-state index < -0.39 is 42.4 Å². The van der Waals surface area contributed by atoms with Crippen molar-refractivity contribution in [3.05, 3.63) is 42.0 Å². The fourth-order valence-electron chi connectivity index (χ4n) is 3.59. The Kier molecular flexibility index (Phi) is 8.01. The Morgan fingerprint density at radius 3 is 2.29 bits per heavy atom. The average Bonchev–Trinajstić information content (AvgIpc) is 2.89. The summed E-state index contributed by atoms with van der Waals surface area (Å²) in [6.45, 7) is 8.05. The summed E-state index contributed by atoms with van der Waals surface area (Å²) in [6.07, 6.45) is 0. The van der Waals surface area contributed by atoms with Crippen LogP contribution in [0.4, 0.5) is 11.4 Å². The fourth-order valence-corrected chi connectivity index (χ4v) is 3.59. The largest absolute Gasteiger partial charge is 0.481 e. The molecular formula is C27H32N2O9. The minimum Gasteiger partial charge on any atom is -0.481 e. The van der Waals surface area contributed by atoms with Crippen LogP contribution in [0.3, 0.4) is 0 Å². The lowest BCUT2D eigenvalue weighted by Crippen LogP contribution is -2.39. The Morgan fingerprint density at radius 2 is 1.68 bits per heavy atom. The molecule has 0 radical (unpaired) electrons. The molecule has 1 aliphatic rings. The van der Waals surface area contributed by atoms with Gasteiger partial charge in [-0.1, -0.05) is 6.07 Å². The fraction of sp³-hybridized carbons (Fsp3) is 0.407. The Labute approximate surface area is 220 Å². The van der Waals surface area contributed by atoms with Crippen LogP contribution in [-0.4, -0.2) is 60.4 Å². The van der Waals surface area contributed by atoms with Crippen LogP contribution in [-0.2, 0) is 23.9 Å². The maximum Gasteiger partial charge on any atom is 0.346 e. The van der Waals surface area contributed by atoms with Gasteiger partial charge < -0.3 is 29.0 Å². The van der Waals surface area contributed by atoms with Gasteiger partial charge in [0, 0.05) is 33.5 Å². The summed E-state index contributed by atoms with van der Waals surface area (Å²) in [4.78, 5) is 53.4. The second kappa shape index (κ2) is 10.7. The van der Waals surface area contributed by atoms with Crippen molar-refractivity contribution >= 4 is 35.1 Å². The van der Waals surface area contributed by atoms with Crippen LogP contribution in [0.5, 0.6) is 17.2 Å². The summed E-state index contributed by atoms with van der Waals surface area (Å²) >= 11 is 0. The molecule has 1 N–H and O–H groups in total. The first-order chi connectivity index (χ1) is 17.6. The molecule has 204 valence electrons. The highest BCUT2D eigenvalue weighted by molar-refractivity contribution is 6.13. The van der Waals surface area contributed by atoms with Gasteiger partial charge in [-0.25, -0.2) is 4.79 Å². The van der Waals surface area contributed by atoms with Crippen LogP contribution < -0.4 is 19.3 Å². The third-order valence-electron chi connectivity index (χ3n) is 5.18. The molecule has 0 saturated carbocycles. The molecule has 0 atom stereocenters. The highest BCUT2D eigenvalue weighted by atomic mass is 16.7. The molecule has 2 amide bonds. The van der Waals surface area contributed by atoms with E-state index in [2.05, 4.69) is 0 Å². The maximum absolute atomic E-state index is 13.9. The predicted molar refractivity (Wildman–Crippen MR) is 137 cm³/mol. The zero-order chi connectivity index (χ0) is 28.4. The molecule has 38 heavy (non-hydrogen) atoms. The minimum absolute atomic E-state index is 0.00303. The normalized spacial score (nSPS) is 12.9. The number of nitrogens with zero attached hydrogens (tertiary/aromatic N) is 2. The molecule has 0 saturated heterocycles. The average molecular weight is 529 g/mol. The van der Waals surface area contributed by atoms with Crippen LogP contribution in [0.1, 0.15) is 51.9 Å². The van der Waals surface area contributed by atoms with Crippen molar-refractivity contribution in [1.82, 2.24) is 0 Å². The summed E-state index contributed by atoms with van der Waals surface area (Å²) < 4.78 is 21.9. The third kappa shape index (κ3) is 7.00. The molecule has 0 bridgehead atoms. The van der Waals surface area contributed by atoms with Crippen LogP contribution >= 0.6 is 0 Å². The molecule has 2 aromatic rings. The molecule has 0 aliphatic carbocycles. The van der Waals surface area contributed by atoms with Crippen molar-refractivity contribution in [2.75, 3.05) is 30.0 Å². The first kappa shape index (κ1) is 28.5. The monoisotopic (exact) mass is 528 g/mol. The molecule has 11 heteroatoms. The van der Waals surface area contributed by atoms with Gasteiger partial charge in [0.25, 0.3) is 5.91 Å². The van der Waals surface area contributed by atoms with Gasteiger partial charge in [-0.05, 0) is 51.1 Å². The number of hydrogen-bond acceptors (Lipinski definition) is 9. The van der Waals surface area contributed by atoms with Gasteiger partial charge in [-0.15, -0.1) is 0 Å². The van der Waals surface area contributed by atoms with Crippen LogP contribution in [0.2, 0.25) is 0 Å². The van der Waals surface area contributed by atoms with Crippen molar-refractivity contribution in [3.63, 3.8) is 0 Å². The van der Waals surface area contributed by atoms with Gasteiger partial charge in [0.2, 0.25) is 11.7 Å². The number of esters is 2. The molecule has 1 aliphatic heterocycles. The highest BCUT2D eigenvalue weighted by Gasteiger charge is 2.34. The molecule has 0 unspecified atom stereocenters. The van der Waals surface area contributed by atoms with Crippen molar-refractivity contribution in [2.24, 2.45) is 0 Å². The number of ether oxygens (including phenoxy) is 4. The standard InChI is InChI=1S/C27H32N2O9/c1-16(30)28(7)17-11-12-19-18(13-17)29(14-22(31)37-26(2,3)4)25(33)24-20(9-8-10-21(24)36-19)35-15-23(32)38-27(5,6)34/h8-13,34H,14-15H2,1-7H3. The summed E-state index contributed by atoms with van der Waals surface area (Å²) in [5, 5.41) is 9.70. The third-order valence-corrected chi connectivity index (χ3v) is 5.18. The van der Waals surface area contributed by atoms with Gasteiger partial charge >= 0.3 is 11.9 Å². The summed E-state index contributed by atoms with van der Waals surface area (Å²) in [6, 6.07) is 9.38. The van der Waals surface area contributed by atoms with E-state index in [1.54, 1.807) is 58.2 Å². The number of benzene rings is 2. The zero-order valence-electron chi connectivity index (χ0n) is 22.5. The van der Waals surface area contributed by atoms with Gasteiger partial charge in [0.05, 0.1) is 5.69 Å². The van der Waals surface area contributed by atoms with Crippen molar-refractivity contribution < 1.29 is 43.2 Å². The van der Waals surface area contributed by atoms with E-state index in [9.17, 15) is 24.3 Å². The Balaban J connectivity index is 2.06. The summed E-state index contributed by atoms with van der Waals surface area (Å²) in [5.74, 6) is -3.74. The second-order valence-corrected chi connectivity index (χ2v) is 10.1. The number of amides is 2. The van der Waals surface area contributed by atoms with E-state index >= 15 is 0 Å². The van der Waals surface area contributed by atoms with E-state index in [1.165, 1.54) is 36.6 Å². The topological polar surface area (TPSA) is 132 Å². The molecule has 1 heterocycles. The minimum atomic E-state index is -1.70. The van der Waals surface area contributed by atoms with Crippen LogP contribution in [0.25, 0.3) is 0 Å². The van der Waals surface area contributed by atoms with Gasteiger partial charge in [-0.2, -0.15) is 0 Å². The SMILES string of the molecule is CC(=O)N(C)c1ccc2c(c1)N(CC(=O)OC(C)(C)C)C(=O)c1c(OCC(=O)OC(C)(C)O)cccc1O2. The van der Waals surface area contributed by atoms with Gasteiger partial charge in [0.15, 0.2) is 12.4 Å². The Hall–Kier alpha value is -4.12. The van der Waals surface area contributed by atoms with E-state index in [-0.39, 0.29) is 34.4 Å². The second-order valence-electron chi connectivity index (χ2n) is 10.1. The first-order valence-corrected chi connectivity index (χ1v) is 11.9. The Morgan fingerprint density at radius 1 is 1.00 bits per heavy atom. The molecule has 0 aromatic heterocycles. The molecule has 0 fully saturated rings. The highest BCUT2D eigenvalue weighted by Crippen LogP contribution is 2.43. The van der Waals surface area contributed by atoms with E-state index in [0.29, 0.717) is 5.69 Å². The molecular weight excluding hydrogens is 496 g/mol. The Bertz CT molecular complexity index is 1260. The van der Waals surface area contributed by atoms with Gasteiger partial charge in [0.1, 0.15) is 29.2 Å². The smallest absolute Gasteiger partial charge is 0.346 e. The van der Waals surface area contributed by atoms with Crippen molar-refractivity contribution in [1.29, 1.82) is 0 Å². The number of aliphatic hydroxyl groups is 1. The van der Waals surface area contributed by atoms with E-state index in [1.807, 2.05) is 0 Å². The van der Waals surface area contributed by atoms with Gasteiger partial charge in [-0.3, -0.25) is 19.3 Å². The number of hydrogen-bond donors (Lipinski definition) is 1. The maximum atomic E-state index is 13.9. The lowest BCUT2D eigenvalue weighted by molar-refractivity contribution is -0.196.